The Morgan fingerprint density at radius 3 is 3.07 bits per heavy atom. The molecule has 2 aliphatic rings. The summed E-state index contributed by atoms with van der Waals surface area (Å²) >= 11 is 0. The quantitative estimate of drug-likeness (QED) is 0.640. The van der Waals surface area contributed by atoms with Crippen LogP contribution in [-0.4, -0.2) is 5.78 Å². The molecule has 0 amide bonds. The molecule has 0 saturated carbocycles. The third-order valence-electron chi connectivity index (χ3n) is 3.66. The Morgan fingerprint density at radius 1 is 1.40 bits per heavy atom. The highest BCUT2D eigenvalue weighted by Crippen LogP contribution is 2.47. The van der Waals surface area contributed by atoms with Crippen LogP contribution in [0.2, 0.25) is 0 Å². The molecule has 0 heterocycles. The fourth-order valence-electron chi connectivity index (χ4n) is 3.01. The zero-order chi connectivity index (χ0) is 10.5. The van der Waals surface area contributed by atoms with Crippen molar-refractivity contribution in [1.29, 1.82) is 5.26 Å². The first kappa shape index (κ1) is 8.67. The molecule has 0 bridgehead atoms. The number of hydrogen-bond donors (Lipinski definition) is 0. The fourth-order valence-corrected chi connectivity index (χ4v) is 3.01. The van der Waals surface area contributed by atoms with Gasteiger partial charge in [0.05, 0.1) is 11.5 Å². The van der Waals surface area contributed by atoms with E-state index in [1.807, 2.05) is 12.1 Å². The molecule has 2 nitrogen and oxygen atoms in total. The topological polar surface area (TPSA) is 40.9 Å². The Kier molecular flexibility index (Phi) is 1.56. The maximum Gasteiger partial charge on any atom is 0.165 e. The molecule has 1 aromatic carbocycles. The molecule has 1 aromatic rings. The van der Waals surface area contributed by atoms with Crippen molar-refractivity contribution < 1.29 is 4.79 Å². The highest BCUT2D eigenvalue weighted by atomic mass is 16.1. The lowest BCUT2D eigenvalue weighted by molar-refractivity contribution is 0.0980. The zero-order valence-electron chi connectivity index (χ0n) is 8.42. The number of carbonyl (C=O) groups excluding carboxylic acids is 1. The molecule has 74 valence electrons. The van der Waals surface area contributed by atoms with Crippen molar-refractivity contribution in [2.24, 2.45) is 0 Å². The average molecular weight is 197 g/mol. The molecule has 0 unspecified atom stereocenters. The van der Waals surface area contributed by atoms with Gasteiger partial charge >= 0.3 is 0 Å². The van der Waals surface area contributed by atoms with Crippen LogP contribution in [0.3, 0.4) is 0 Å². The van der Waals surface area contributed by atoms with Gasteiger partial charge in [-0.3, -0.25) is 4.79 Å². The molecule has 0 fully saturated rings. The van der Waals surface area contributed by atoms with Crippen molar-refractivity contribution >= 4 is 5.78 Å². The van der Waals surface area contributed by atoms with Crippen LogP contribution in [0, 0.1) is 11.3 Å². The van der Waals surface area contributed by atoms with E-state index in [0.717, 1.165) is 30.4 Å². The Labute approximate surface area is 88.5 Å². The molecule has 0 aliphatic heterocycles. The summed E-state index contributed by atoms with van der Waals surface area (Å²) in [6.07, 6.45) is 3.28. The summed E-state index contributed by atoms with van der Waals surface area (Å²) in [5, 5.41) is 9.34. The molecule has 0 N–H and O–H groups in total. The number of ketones is 1. The molecule has 2 aliphatic carbocycles. The van der Waals surface area contributed by atoms with Gasteiger partial charge in [0.2, 0.25) is 0 Å². The molecule has 2 heteroatoms. The smallest absolute Gasteiger partial charge is 0.165 e. The van der Waals surface area contributed by atoms with E-state index < -0.39 is 5.41 Å². The van der Waals surface area contributed by atoms with E-state index in [1.165, 1.54) is 5.56 Å². The van der Waals surface area contributed by atoms with Crippen LogP contribution in [0.15, 0.2) is 18.2 Å². The summed E-state index contributed by atoms with van der Waals surface area (Å²) in [6.45, 7) is 0. The number of aryl methyl sites for hydroxylation is 1. The summed E-state index contributed by atoms with van der Waals surface area (Å²) in [5.41, 5.74) is 2.57. The van der Waals surface area contributed by atoms with Crippen molar-refractivity contribution in [3.8, 4) is 6.07 Å². The summed E-state index contributed by atoms with van der Waals surface area (Å²) in [4.78, 5) is 11.8. The predicted octanol–water partition coefficient (Wildman–Crippen LogP) is 2.37. The van der Waals surface area contributed by atoms with Gasteiger partial charge in [0.25, 0.3) is 0 Å². The van der Waals surface area contributed by atoms with Crippen molar-refractivity contribution in [2.45, 2.75) is 31.1 Å². The highest BCUT2D eigenvalue weighted by Gasteiger charge is 2.46. The monoisotopic (exact) mass is 197 g/mol. The molecule has 0 saturated heterocycles. The normalized spacial score (nSPS) is 27.3. The van der Waals surface area contributed by atoms with E-state index in [0.29, 0.717) is 6.42 Å². The largest absolute Gasteiger partial charge is 0.294 e. The first-order valence-electron chi connectivity index (χ1n) is 5.34. The van der Waals surface area contributed by atoms with Gasteiger partial charge in [0, 0.05) is 12.0 Å². The SMILES string of the molecule is N#C[C@]12CCCc3cccc(c31)C(=O)C2. The van der Waals surface area contributed by atoms with Crippen LogP contribution in [0.25, 0.3) is 0 Å². The van der Waals surface area contributed by atoms with E-state index in [2.05, 4.69) is 12.1 Å². The van der Waals surface area contributed by atoms with Gasteiger partial charge in [-0.2, -0.15) is 5.26 Å². The summed E-state index contributed by atoms with van der Waals surface area (Å²) in [6, 6.07) is 8.25. The average Bonchev–Trinajstić information content (AvgIpc) is 2.56. The highest BCUT2D eigenvalue weighted by molar-refractivity contribution is 6.03. The first-order chi connectivity index (χ1) is 7.27. The molecule has 0 radical (unpaired) electrons. The number of rotatable bonds is 0. The molecule has 0 aromatic heterocycles. The lowest BCUT2D eigenvalue weighted by atomic mass is 9.72. The van der Waals surface area contributed by atoms with Gasteiger partial charge in [-0.1, -0.05) is 18.2 Å². The number of benzene rings is 1. The summed E-state index contributed by atoms with van der Waals surface area (Å²) in [5.74, 6) is 0.148. The third kappa shape index (κ3) is 0.955. The second kappa shape index (κ2) is 2.70. The van der Waals surface area contributed by atoms with Crippen LogP contribution < -0.4 is 0 Å². The van der Waals surface area contributed by atoms with Gasteiger partial charge in [0.15, 0.2) is 5.78 Å². The number of nitrogens with zero attached hydrogens (tertiary/aromatic N) is 1. The minimum atomic E-state index is -0.485. The minimum Gasteiger partial charge on any atom is -0.294 e. The van der Waals surface area contributed by atoms with E-state index in [-0.39, 0.29) is 5.78 Å². The molecular weight excluding hydrogens is 186 g/mol. The summed E-state index contributed by atoms with van der Waals surface area (Å²) < 4.78 is 0. The van der Waals surface area contributed by atoms with E-state index in [4.69, 9.17) is 0 Å². The van der Waals surface area contributed by atoms with Crippen LogP contribution in [0.5, 0.6) is 0 Å². The Balaban J connectivity index is 2.35. The van der Waals surface area contributed by atoms with Gasteiger partial charge in [0.1, 0.15) is 0 Å². The molecule has 0 spiro atoms. The molecular formula is C13H11NO. The third-order valence-corrected chi connectivity index (χ3v) is 3.66. The lowest BCUT2D eigenvalue weighted by Gasteiger charge is -2.28. The van der Waals surface area contributed by atoms with E-state index in [1.54, 1.807) is 0 Å². The van der Waals surface area contributed by atoms with Crippen LogP contribution in [-0.2, 0) is 11.8 Å². The van der Waals surface area contributed by atoms with Crippen molar-refractivity contribution in [2.75, 3.05) is 0 Å². The molecule has 1 atom stereocenters. The predicted molar refractivity (Wildman–Crippen MR) is 55.6 cm³/mol. The Morgan fingerprint density at radius 2 is 2.27 bits per heavy atom. The van der Waals surface area contributed by atoms with Gasteiger partial charge in [-0.25, -0.2) is 0 Å². The Hall–Kier alpha value is -1.62. The van der Waals surface area contributed by atoms with Crippen LogP contribution >= 0.6 is 0 Å². The Bertz CT molecular complexity index is 498. The maximum absolute atomic E-state index is 11.8. The zero-order valence-corrected chi connectivity index (χ0v) is 8.42. The summed E-state index contributed by atoms with van der Waals surface area (Å²) in [7, 11) is 0. The van der Waals surface area contributed by atoms with Crippen LogP contribution in [0.4, 0.5) is 0 Å². The van der Waals surface area contributed by atoms with Gasteiger partial charge < -0.3 is 0 Å². The number of Topliss-reactive ketones (excluding diaryl/α,β-unsaturated/α-hetero) is 1. The number of nitriles is 1. The van der Waals surface area contributed by atoms with Crippen molar-refractivity contribution in [1.82, 2.24) is 0 Å². The van der Waals surface area contributed by atoms with E-state index in [9.17, 15) is 10.1 Å². The molecule has 3 rings (SSSR count). The number of carbonyl (C=O) groups is 1. The fraction of sp³-hybridized carbons (Fsp3) is 0.385. The second-order valence-corrected chi connectivity index (χ2v) is 4.49. The standard InChI is InChI=1S/C13H11NO/c14-8-13-6-2-4-9-3-1-5-10(12(9)13)11(15)7-13/h1,3,5H,2,4,6-7H2/t13-/m1/s1. The number of hydrogen-bond acceptors (Lipinski definition) is 2. The lowest BCUT2D eigenvalue weighted by Crippen LogP contribution is -2.26. The van der Waals surface area contributed by atoms with Crippen molar-refractivity contribution in [3.05, 3.63) is 34.9 Å². The minimum absolute atomic E-state index is 0.148. The second-order valence-electron chi connectivity index (χ2n) is 4.49. The van der Waals surface area contributed by atoms with E-state index >= 15 is 0 Å². The van der Waals surface area contributed by atoms with Gasteiger partial charge in [-0.05, 0) is 30.4 Å². The van der Waals surface area contributed by atoms with Gasteiger partial charge in [-0.15, -0.1) is 0 Å². The van der Waals surface area contributed by atoms with Crippen LogP contribution in [0.1, 0.15) is 40.7 Å². The first-order valence-corrected chi connectivity index (χ1v) is 5.34. The maximum atomic E-state index is 11.8. The molecule has 15 heavy (non-hydrogen) atoms. The van der Waals surface area contributed by atoms with Crippen molar-refractivity contribution in [3.63, 3.8) is 0 Å².